The largest absolute Gasteiger partial charge is 0.330 e. The summed E-state index contributed by atoms with van der Waals surface area (Å²) in [5.74, 6) is 0.623. The molecule has 1 rings (SSSR count). The lowest BCUT2D eigenvalue weighted by Crippen LogP contribution is -2.46. The monoisotopic (exact) mass is 156 g/mol. The van der Waals surface area contributed by atoms with Gasteiger partial charge in [-0.25, -0.2) is 0 Å². The molecule has 0 amide bonds. The van der Waals surface area contributed by atoms with Gasteiger partial charge in [-0.2, -0.15) is 0 Å². The topological polar surface area (TPSA) is 38.0 Å². The van der Waals surface area contributed by atoms with Crippen LogP contribution in [-0.4, -0.2) is 17.6 Å². The Morgan fingerprint density at radius 3 is 2.09 bits per heavy atom. The van der Waals surface area contributed by atoms with Crippen LogP contribution < -0.4 is 11.1 Å². The van der Waals surface area contributed by atoms with Crippen LogP contribution in [0.1, 0.15) is 34.1 Å². The summed E-state index contributed by atoms with van der Waals surface area (Å²) in [6.45, 7) is 9.75. The number of hydrogen-bond acceptors (Lipinski definition) is 2. The van der Waals surface area contributed by atoms with Gasteiger partial charge in [0.15, 0.2) is 0 Å². The first-order chi connectivity index (χ1) is 4.87. The first kappa shape index (κ1) is 9.01. The number of rotatable bonds is 1. The van der Waals surface area contributed by atoms with E-state index in [1.165, 1.54) is 6.42 Å². The van der Waals surface area contributed by atoms with Gasteiger partial charge >= 0.3 is 0 Å². The minimum absolute atomic E-state index is 0.220. The van der Waals surface area contributed by atoms with Gasteiger partial charge in [-0.15, -0.1) is 0 Å². The van der Waals surface area contributed by atoms with Crippen LogP contribution in [0.25, 0.3) is 0 Å². The third-order valence-corrected chi connectivity index (χ3v) is 2.72. The molecule has 0 saturated carbocycles. The van der Waals surface area contributed by atoms with Crippen molar-refractivity contribution in [3.63, 3.8) is 0 Å². The van der Waals surface area contributed by atoms with Crippen molar-refractivity contribution in [2.75, 3.05) is 6.54 Å². The van der Waals surface area contributed by atoms with E-state index >= 15 is 0 Å². The van der Waals surface area contributed by atoms with E-state index in [-0.39, 0.29) is 11.1 Å². The van der Waals surface area contributed by atoms with Gasteiger partial charge in [-0.1, -0.05) is 0 Å². The summed E-state index contributed by atoms with van der Waals surface area (Å²) in [6.07, 6.45) is 1.19. The Labute approximate surface area is 69.5 Å². The van der Waals surface area contributed by atoms with Crippen LogP contribution in [0.2, 0.25) is 0 Å². The Kier molecular flexibility index (Phi) is 2.01. The second-order valence-electron chi connectivity index (χ2n) is 4.87. The number of nitrogens with one attached hydrogen (secondary N) is 1. The molecule has 0 radical (unpaired) electrons. The molecule has 0 spiro atoms. The van der Waals surface area contributed by atoms with Crippen molar-refractivity contribution in [1.82, 2.24) is 5.32 Å². The zero-order valence-corrected chi connectivity index (χ0v) is 8.07. The van der Waals surface area contributed by atoms with Crippen molar-refractivity contribution in [3.05, 3.63) is 0 Å². The molecule has 0 unspecified atom stereocenters. The van der Waals surface area contributed by atoms with E-state index in [0.717, 1.165) is 6.54 Å². The molecule has 11 heavy (non-hydrogen) atoms. The van der Waals surface area contributed by atoms with Crippen LogP contribution >= 0.6 is 0 Å². The van der Waals surface area contributed by atoms with Crippen molar-refractivity contribution >= 4 is 0 Å². The summed E-state index contributed by atoms with van der Waals surface area (Å²) in [5.41, 5.74) is 6.18. The predicted octanol–water partition coefficient (Wildman–Crippen LogP) is 1.11. The molecule has 0 aromatic rings. The fourth-order valence-electron chi connectivity index (χ4n) is 2.27. The van der Waals surface area contributed by atoms with E-state index in [9.17, 15) is 0 Å². The van der Waals surface area contributed by atoms with Gasteiger partial charge in [-0.05, 0) is 46.6 Å². The molecule has 1 aliphatic rings. The Hall–Kier alpha value is -0.0800. The highest BCUT2D eigenvalue weighted by atomic mass is 15.1. The first-order valence-electron chi connectivity index (χ1n) is 4.37. The third-order valence-electron chi connectivity index (χ3n) is 2.72. The molecule has 3 N–H and O–H groups in total. The van der Waals surface area contributed by atoms with Crippen LogP contribution in [-0.2, 0) is 0 Å². The van der Waals surface area contributed by atoms with Crippen LogP contribution in [0.3, 0.4) is 0 Å². The van der Waals surface area contributed by atoms with Crippen molar-refractivity contribution in [2.45, 2.75) is 45.2 Å². The van der Waals surface area contributed by atoms with Crippen molar-refractivity contribution in [3.8, 4) is 0 Å². The summed E-state index contributed by atoms with van der Waals surface area (Å²) in [7, 11) is 0. The minimum Gasteiger partial charge on any atom is -0.330 e. The smallest absolute Gasteiger partial charge is 0.0170 e. The lowest BCUT2D eigenvalue weighted by atomic mass is 9.87. The number of hydrogen-bond donors (Lipinski definition) is 2. The molecule has 1 aliphatic heterocycles. The van der Waals surface area contributed by atoms with E-state index < -0.39 is 0 Å². The van der Waals surface area contributed by atoms with E-state index in [1.807, 2.05) is 0 Å². The average Bonchev–Trinajstić information content (AvgIpc) is 1.99. The molecular weight excluding hydrogens is 136 g/mol. The Morgan fingerprint density at radius 1 is 1.36 bits per heavy atom. The van der Waals surface area contributed by atoms with E-state index in [2.05, 4.69) is 33.0 Å². The lowest BCUT2D eigenvalue weighted by molar-refractivity contribution is 0.326. The number of nitrogens with two attached hydrogens (primary N) is 1. The zero-order valence-electron chi connectivity index (χ0n) is 8.07. The Bertz CT molecular complexity index is 150. The van der Waals surface area contributed by atoms with E-state index in [4.69, 9.17) is 5.73 Å². The van der Waals surface area contributed by atoms with Crippen molar-refractivity contribution in [2.24, 2.45) is 11.7 Å². The van der Waals surface area contributed by atoms with Crippen LogP contribution in [0, 0.1) is 5.92 Å². The SMILES string of the molecule is CC1(C)C[C@@H](CN)C(C)(C)N1. The predicted molar refractivity (Wildman–Crippen MR) is 48.5 cm³/mol. The van der Waals surface area contributed by atoms with Crippen molar-refractivity contribution < 1.29 is 0 Å². The zero-order chi connectivity index (χ0) is 8.70. The molecule has 0 aromatic carbocycles. The quantitative estimate of drug-likeness (QED) is 0.597. The second-order valence-corrected chi connectivity index (χ2v) is 4.87. The third kappa shape index (κ3) is 1.74. The normalized spacial score (nSPS) is 34.1. The van der Waals surface area contributed by atoms with Crippen LogP contribution in [0.4, 0.5) is 0 Å². The average molecular weight is 156 g/mol. The van der Waals surface area contributed by atoms with Gasteiger partial charge in [0.05, 0.1) is 0 Å². The standard InChI is InChI=1S/C9H20N2/c1-8(2)5-7(6-10)9(3,4)11-8/h7,11H,5-6,10H2,1-4H3/t7-/m0/s1. The molecule has 1 heterocycles. The van der Waals surface area contributed by atoms with E-state index in [0.29, 0.717) is 5.92 Å². The van der Waals surface area contributed by atoms with Gasteiger partial charge in [0.1, 0.15) is 0 Å². The summed E-state index contributed by atoms with van der Waals surface area (Å²) in [5, 5.41) is 3.59. The minimum atomic E-state index is 0.220. The van der Waals surface area contributed by atoms with Gasteiger partial charge in [0, 0.05) is 11.1 Å². The molecular formula is C9H20N2. The molecule has 2 nitrogen and oxygen atoms in total. The second kappa shape index (κ2) is 2.46. The highest BCUT2D eigenvalue weighted by Gasteiger charge is 2.42. The van der Waals surface area contributed by atoms with Gasteiger partial charge in [0.2, 0.25) is 0 Å². The highest BCUT2D eigenvalue weighted by Crippen LogP contribution is 2.34. The highest BCUT2D eigenvalue weighted by molar-refractivity contribution is 5.02. The molecule has 1 saturated heterocycles. The maximum Gasteiger partial charge on any atom is 0.0170 e. The first-order valence-corrected chi connectivity index (χ1v) is 4.37. The van der Waals surface area contributed by atoms with Gasteiger partial charge < -0.3 is 11.1 Å². The maximum absolute atomic E-state index is 5.69. The molecule has 66 valence electrons. The summed E-state index contributed by atoms with van der Waals surface area (Å²) >= 11 is 0. The Balaban J connectivity index is 2.71. The molecule has 1 atom stereocenters. The van der Waals surface area contributed by atoms with Crippen molar-refractivity contribution in [1.29, 1.82) is 0 Å². The van der Waals surface area contributed by atoms with Gasteiger partial charge in [-0.3, -0.25) is 0 Å². The molecule has 0 bridgehead atoms. The summed E-state index contributed by atoms with van der Waals surface area (Å²) in [6, 6.07) is 0. The van der Waals surface area contributed by atoms with Gasteiger partial charge in [0.25, 0.3) is 0 Å². The van der Waals surface area contributed by atoms with Crippen LogP contribution in [0.15, 0.2) is 0 Å². The molecule has 0 aliphatic carbocycles. The Morgan fingerprint density at radius 2 is 1.91 bits per heavy atom. The molecule has 1 fully saturated rings. The van der Waals surface area contributed by atoms with Crippen LogP contribution in [0.5, 0.6) is 0 Å². The molecule has 0 aromatic heterocycles. The fourth-order valence-corrected chi connectivity index (χ4v) is 2.27. The maximum atomic E-state index is 5.69. The summed E-state index contributed by atoms with van der Waals surface area (Å²) in [4.78, 5) is 0. The summed E-state index contributed by atoms with van der Waals surface area (Å²) < 4.78 is 0. The van der Waals surface area contributed by atoms with E-state index in [1.54, 1.807) is 0 Å². The molecule has 2 heteroatoms. The fraction of sp³-hybridized carbons (Fsp3) is 1.00. The lowest BCUT2D eigenvalue weighted by Gasteiger charge is -2.27.